The van der Waals surface area contributed by atoms with Gasteiger partial charge in [-0.15, -0.1) is 11.6 Å². The molecule has 0 aromatic heterocycles. The van der Waals surface area contributed by atoms with E-state index in [1.807, 2.05) is 0 Å². The molecule has 0 saturated carbocycles. The van der Waals surface area contributed by atoms with E-state index in [1.165, 1.54) is 6.07 Å². The third kappa shape index (κ3) is 3.44. The van der Waals surface area contributed by atoms with Crippen molar-refractivity contribution in [2.24, 2.45) is 0 Å². The summed E-state index contributed by atoms with van der Waals surface area (Å²) in [6, 6.07) is 3.30. The van der Waals surface area contributed by atoms with Gasteiger partial charge < -0.3 is 0 Å². The third-order valence-corrected chi connectivity index (χ3v) is 2.38. The fraction of sp³-hybridized carbons (Fsp3) is 0.200. The molecule has 0 spiro atoms. The van der Waals surface area contributed by atoms with Crippen LogP contribution < -0.4 is 0 Å². The van der Waals surface area contributed by atoms with Gasteiger partial charge in [0.2, 0.25) is 0 Å². The van der Waals surface area contributed by atoms with Crippen molar-refractivity contribution in [1.29, 1.82) is 0 Å². The van der Waals surface area contributed by atoms with Crippen LogP contribution in [0, 0.1) is 11.8 Å². The van der Waals surface area contributed by atoms with Crippen molar-refractivity contribution in [2.45, 2.75) is 6.18 Å². The predicted octanol–water partition coefficient (Wildman–Crippen LogP) is 4.06. The molecule has 1 aromatic carbocycles. The van der Waals surface area contributed by atoms with Crippen LogP contribution in [-0.4, -0.2) is 5.88 Å². The molecule has 0 heterocycles. The van der Waals surface area contributed by atoms with Crippen molar-refractivity contribution in [3.05, 3.63) is 33.8 Å². The van der Waals surface area contributed by atoms with Gasteiger partial charge in [-0.05, 0) is 34.1 Å². The van der Waals surface area contributed by atoms with Crippen molar-refractivity contribution in [2.75, 3.05) is 5.88 Å². The van der Waals surface area contributed by atoms with Crippen molar-refractivity contribution >= 4 is 27.5 Å². The maximum Gasteiger partial charge on any atom is 0.416 e. The number of hydrogen-bond acceptors (Lipinski definition) is 0. The van der Waals surface area contributed by atoms with Gasteiger partial charge in [-0.25, -0.2) is 0 Å². The van der Waals surface area contributed by atoms with Gasteiger partial charge in [0.25, 0.3) is 0 Å². The summed E-state index contributed by atoms with van der Waals surface area (Å²) >= 11 is 8.36. The molecule has 0 unspecified atom stereocenters. The van der Waals surface area contributed by atoms with Gasteiger partial charge in [0.15, 0.2) is 0 Å². The van der Waals surface area contributed by atoms with Crippen molar-refractivity contribution in [3.63, 3.8) is 0 Å². The Balaban J connectivity index is 3.09. The lowest BCUT2D eigenvalue weighted by molar-refractivity contribution is -0.137. The lowest BCUT2D eigenvalue weighted by atomic mass is 10.1. The fourth-order valence-electron chi connectivity index (χ4n) is 0.921. The molecule has 0 fully saturated rings. The molecule has 0 radical (unpaired) electrons. The molecule has 15 heavy (non-hydrogen) atoms. The van der Waals surface area contributed by atoms with Gasteiger partial charge in [0.1, 0.15) is 0 Å². The molecular formula is C10H5BrClF3. The van der Waals surface area contributed by atoms with Gasteiger partial charge in [0, 0.05) is 10.0 Å². The summed E-state index contributed by atoms with van der Waals surface area (Å²) in [7, 11) is 0. The first-order valence-electron chi connectivity index (χ1n) is 3.86. The highest BCUT2D eigenvalue weighted by Crippen LogP contribution is 2.31. The van der Waals surface area contributed by atoms with Gasteiger partial charge in [-0.3, -0.25) is 0 Å². The quantitative estimate of drug-likeness (QED) is 0.500. The topological polar surface area (TPSA) is 0 Å². The van der Waals surface area contributed by atoms with Crippen LogP contribution >= 0.6 is 27.5 Å². The summed E-state index contributed by atoms with van der Waals surface area (Å²) in [5.41, 5.74) is -0.213. The molecule has 0 aliphatic carbocycles. The van der Waals surface area contributed by atoms with Gasteiger partial charge in [0.05, 0.1) is 11.4 Å². The smallest absolute Gasteiger partial charge is 0.166 e. The SMILES string of the molecule is FC(F)(F)c1ccc(C#CCCl)c(Br)c1. The van der Waals surface area contributed by atoms with E-state index < -0.39 is 11.7 Å². The number of benzene rings is 1. The highest BCUT2D eigenvalue weighted by Gasteiger charge is 2.30. The standard InChI is InChI=1S/C10H5BrClF3/c11-9-6-8(10(13,14)15)4-3-7(9)2-1-5-12/h3-4,6H,5H2. The normalized spacial score (nSPS) is 10.7. The summed E-state index contributed by atoms with van der Waals surface area (Å²) in [6.45, 7) is 0. The second kappa shape index (κ2) is 4.91. The average Bonchev–Trinajstić information content (AvgIpc) is 2.14. The summed E-state index contributed by atoms with van der Waals surface area (Å²) in [6.07, 6.45) is -4.33. The number of halogens is 5. The Morgan fingerprint density at radius 2 is 2.00 bits per heavy atom. The van der Waals surface area contributed by atoms with Gasteiger partial charge >= 0.3 is 6.18 Å². The van der Waals surface area contributed by atoms with E-state index in [-0.39, 0.29) is 5.88 Å². The van der Waals surface area contributed by atoms with Crippen LogP contribution in [0.2, 0.25) is 0 Å². The Bertz CT molecular complexity index is 415. The molecule has 0 aliphatic rings. The largest absolute Gasteiger partial charge is 0.416 e. The monoisotopic (exact) mass is 296 g/mol. The molecule has 0 atom stereocenters. The molecule has 80 valence electrons. The van der Waals surface area contributed by atoms with Crippen LogP contribution in [0.15, 0.2) is 22.7 Å². The Labute approximate surface area is 98.6 Å². The van der Waals surface area contributed by atoms with Crippen LogP contribution in [0.1, 0.15) is 11.1 Å². The molecule has 5 heteroatoms. The van der Waals surface area contributed by atoms with Crippen LogP contribution in [0.4, 0.5) is 13.2 Å². The second-order valence-electron chi connectivity index (χ2n) is 2.63. The minimum Gasteiger partial charge on any atom is -0.166 e. The summed E-state index contributed by atoms with van der Waals surface area (Å²) in [5.74, 6) is 5.36. The molecule has 0 amide bonds. The minimum atomic E-state index is -4.33. The summed E-state index contributed by atoms with van der Waals surface area (Å²) in [5, 5.41) is 0. The van der Waals surface area contributed by atoms with Crippen molar-refractivity contribution in [1.82, 2.24) is 0 Å². The average molecular weight is 298 g/mol. The molecule has 0 bridgehead atoms. The van der Waals surface area contributed by atoms with Crippen molar-refractivity contribution < 1.29 is 13.2 Å². The van der Waals surface area contributed by atoms with E-state index >= 15 is 0 Å². The highest BCUT2D eigenvalue weighted by atomic mass is 79.9. The molecule has 0 N–H and O–H groups in total. The first-order chi connectivity index (χ1) is 6.95. The molecular weight excluding hydrogens is 292 g/mol. The van der Waals surface area contributed by atoms with E-state index in [0.717, 1.165) is 12.1 Å². The van der Waals surface area contributed by atoms with Gasteiger partial charge in [-0.2, -0.15) is 13.2 Å². The fourth-order valence-corrected chi connectivity index (χ4v) is 1.47. The third-order valence-electron chi connectivity index (χ3n) is 1.59. The van der Waals surface area contributed by atoms with E-state index in [2.05, 4.69) is 27.8 Å². The van der Waals surface area contributed by atoms with Crippen LogP contribution in [0.25, 0.3) is 0 Å². The zero-order valence-electron chi connectivity index (χ0n) is 7.33. The lowest BCUT2D eigenvalue weighted by Crippen LogP contribution is -2.04. The zero-order chi connectivity index (χ0) is 11.5. The molecule has 1 rings (SSSR count). The lowest BCUT2D eigenvalue weighted by Gasteiger charge is -2.07. The van der Waals surface area contributed by atoms with Crippen molar-refractivity contribution in [3.8, 4) is 11.8 Å². The minimum absolute atomic E-state index is 0.146. The Hall–Kier alpha value is -0.660. The van der Waals surface area contributed by atoms with Gasteiger partial charge in [-0.1, -0.05) is 11.8 Å². The first kappa shape index (κ1) is 12.4. The van der Waals surface area contributed by atoms with Crippen LogP contribution in [-0.2, 0) is 6.18 Å². The molecule has 0 nitrogen and oxygen atoms in total. The number of hydrogen-bond donors (Lipinski definition) is 0. The van der Waals surface area contributed by atoms with Crippen LogP contribution in [0.3, 0.4) is 0 Å². The highest BCUT2D eigenvalue weighted by molar-refractivity contribution is 9.10. The molecule has 1 aromatic rings. The predicted molar refractivity (Wildman–Crippen MR) is 56.7 cm³/mol. The van der Waals surface area contributed by atoms with Crippen LogP contribution in [0.5, 0.6) is 0 Å². The van der Waals surface area contributed by atoms with E-state index in [1.54, 1.807) is 0 Å². The number of rotatable bonds is 0. The zero-order valence-corrected chi connectivity index (χ0v) is 9.67. The molecule has 0 saturated heterocycles. The second-order valence-corrected chi connectivity index (χ2v) is 3.75. The molecule has 0 aliphatic heterocycles. The van der Waals surface area contributed by atoms with E-state index in [4.69, 9.17) is 11.6 Å². The van der Waals surface area contributed by atoms with E-state index in [0.29, 0.717) is 10.0 Å². The first-order valence-corrected chi connectivity index (χ1v) is 5.19. The van der Waals surface area contributed by atoms with E-state index in [9.17, 15) is 13.2 Å². The Morgan fingerprint density at radius 3 is 2.47 bits per heavy atom. The maximum atomic E-state index is 12.3. The summed E-state index contributed by atoms with van der Waals surface area (Å²) < 4.78 is 37.1. The summed E-state index contributed by atoms with van der Waals surface area (Å²) in [4.78, 5) is 0. The Morgan fingerprint density at radius 1 is 1.33 bits per heavy atom. The Kier molecular flexibility index (Phi) is 4.06. The number of alkyl halides is 4. The maximum absolute atomic E-state index is 12.3.